The summed E-state index contributed by atoms with van der Waals surface area (Å²) in [5.74, 6) is -2.17. The van der Waals surface area contributed by atoms with E-state index in [1.807, 2.05) is 0 Å². The highest BCUT2D eigenvalue weighted by molar-refractivity contribution is 5.75. The molecule has 6 nitrogen and oxygen atoms in total. The molecule has 204 valence electrons. The number of carbonyl (C=O) groups is 1. The summed E-state index contributed by atoms with van der Waals surface area (Å²) in [5, 5.41) is 0. The van der Waals surface area contributed by atoms with Gasteiger partial charge in [-0.1, -0.05) is 6.07 Å². The van der Waals surface area contributed by atoms with E-state index in [4.69, 9.17) is 9.47 Å². The Balaban J connectivity index is 0.000000550. The van der Waals surface area contributed by atoms with Gasteiger partial charge in [0.05, 0.1) is 16.7 Å². The van der Waals surface area contributed by atoms with E-state index >= 15 is 0 Å². The molecule has 2 aromatic rings. The molecular weight excluding hydrogens is 512 g/mol. The van der Waals surface area contributed by atoms with Crippen LogP contribution in [0.2, 0.25) is 0 Å². The zero-order valence-electron chi connectivity index (χ0n) is 19.7. The van der Waals surface area contributed by atoms with Crippen molar-refractivity contribution < 1.29 is 63.6 Å². The Bertz CT molecular complexity index is 920. The first-order valence-corrected chi connectivity index (χ1v) is 9.52. The van der Waals surface area contributed by atoms with Crippen molar-refractivity contribution in [1.82, 2.24) is 0 Å². The molecule has 0 amide bonds. The van der Waals surface area contributed by atoms with E-state index in [9.17, 15) is 39.9 Å². The highest BCUT2D eigenvalue weighted by Gasteiger charge is 2.32. The van der Waals surface area contributed by atoms with E-state index in [2.05, 4.69) is 14.2 Å². The third kappa shape index (κ3) is 11.0. The number of benzene rings is 2. The molecule has 0 aliphatic rings. The van der Waals surface area contributed by atoms with Crippen LogP contribution < -0.4 is 0 Å². The van der Waals surface area contributed by atoms with Crippen LogP contribution in [0, 0.1) is 11.6 Å². The van der Waals surface area contributed by atoms with Crippen molar-refractivity contribution in [2.75, 3.05) is 35.5 Å². The fourth-order valence-corrected chi connectivity index (χ4v) is 2.33. The van der Waals surface area contributed by atoms with E-state index in [1.54, 1.807) is 0 Å². The summed E-state index contributed by atoms with van der Waals surface area (Å²) in [6.45, 7) is -0.514. The van der Waals surface area contributed by atoms with Gasteiger partial charge in [0.15, 0.2) is 12.6 Å². The van der Waals surface area contributed by atoms with Crippen molar-refractivity contribution in [1.29, 1.82) is 0 Å². The van der Waals surface area contributed by atoms with Crippen LogP contribution in [-0.4, -0.2) is 48.3 Å². The second-order valence-electron chi connectivity index (χ2n) is 6.39. The first kappa shape index (κ1) is 33.4. The summed E-state index contributed by atoms with van der Waals surface area (Å²) in [4.78, 5) is 10.1. The molecule has 0 N–H and O–H groups in total. The molecule has 2 rings (SSSR count). The molecule has 14 heteroatoms. The molecule has 0 spiro atoms. The Labute approximate surface area is 201 Å². The van der Waals surface area contributed by atoms with E-state index < -0.39 is 47.9 Å². The molecule has 0 aromatic heterocycles. The SMILES string of the molecule is COC(OC)OC.COC(OC)c1ccc(C(F)(F)F)cc1F.O=Cc1ccc(C(F)(F)F)cc1F. The summed E-state index contributed by atoms with van der Waals surface area (Å²) in [6.07, 6.45) is -9.99. The minimum absolute atomic E-state index is 0.0713. The normalized spacial score (nSPS) is 11.5. The average molecular weight is 536 g/mol. The molecule has 0 saturated heterocycles. The number of ether oxygens (including phenoxy) is 5. The number of hydrogen-bond donors (Lipinski definition) is 0. The van der Waals surface area contributed by atoms with Crippen LogP contribution in [0.25, 0.3) is 0 Å². The third-order valence-electron chi connectivity index (χ3n) is 4.04. The van der Waals surface area contributed by atoms with E-state index in [0.717, 1.165) is 18.2 Å². The fraction of sp³-hybridized carbons (Fsp3) is 0.409. The predicted molar refractivity (Wildman–Crippen MR) is 110 cm³/mol. The van der Waals surface area contributed by atoms with Crippen molar-refractivity contribution in [2.45, 2.75) is 25.1 Å². The summed E-state index contributed by atoms with van der Waals surface area (Å²) >= 11 is 0. The van der Waals surface area contributed by atoms with Crippen molar-refractivity contribution >= 4 is 6.29 Å². The summed E-state index contributed by atoms with van der Waals surface area (Å²) in [6, 6.07) is 3.95. The maximum atomic E-state index is 13.3. The lowest BCUT2D eigenvalue weighted by atomic mass is 10.1. The van der Waals surface area contributed by atoms with E-state index in [-0.39, 0.29) is 17.4 Å². The second kappa shape index (κ2) is 15.5. The zero-order valence-corrected chi connectivity index (χ0v) is 19.7. The molecule has 0 aliphatic carbocycles. The Kier molecular flexibility index (Phi) is 14.3. The van der Waals surface area contributed by atoms with Crippen LogP contribution in [0.15, 0.2) is 36.4 Å². The van der Waals surface area contributed by atoms with Crippen LogP contribution in [0.4, 0.5) is 35.1 Å². The van der Waals surface area contributed by atoms with Crippen molar-refractivity contribution in [3.8, 4) is 0 Å². The molecule has 0 saturated carbocycles. The van der Waals surface area contributed by atoms with E-state index in [0.29, 0.717) is 18.2 Å². The van der Waals surface area contributed by atoms with Crippen LogP contribution >= 0.6 is 0 Å². The van der Waals surface area contributed by atoms with Gasteiger partial charge in [0, 0.05) is 41.1 Å². The molecule has 0 heterocycles. The first-order chi connectivity index (χ1) is 16.7. The monoisotopic (exact) mass is 536 g/mol. The van der Waals surface area contributed by atoms with E-state index in [1.165, 1.54) is 35.5 Å². The van der Waals surface area contributed by atoms with Gasteiger partial charge in [0.2, 0.25) is 0 Å². The molecule has 0 aliphatic heterocycles. The topological polar surface area (TPSA) is 63.2 Å². The van der Waals surface area contributed by atoms with Gasteiger partial charge in [-0.15, -0.1) is 0 Å². The Morgan fingerprint density at radius 3 is 1.36 bits per heavy atom. The molecule has 0 fully saturated rings. The lowest BCUT2D eigenvalue weighted by molar-refractivity contribution is -0.252. The van der Waals surface area contributed by atoms with Crippen molar-refractivity contribution in [2.24, 2.45) is 0 Å². The zero-order chi connectivity index (χ0) is 28.1. The number of aldehydes is 1. The Hall–Kier alpha value is -2.65. The standard InChI is InChI=1S/C10H10F4O2.C8H4F4O.C4H10O3/c1-15-9(16-2)7-4-3-6(5-8(7)11)10(12,13)14;9-7-3-6(8(10,11)12)2-1-5(7)4-13;1-5-4(6-2)7-3/h3-5,9H,1-2H3;1-4H;4H,1-3H3. The summed E-state index contributed by atoms with van der Waals surface area (Å²) in [5.41, 5.74) is -2.60. The number of hydrogen-bond acceptors (Lipinski definition) is 6. The Morgan fingerprint density at radius 1 is 0.667 bits per heavy atom. The summed E-state index contributed by atoms with van der Waals surface area (Å²) < 4.78 is 122. The lowest BCUT2D eigenvalue weighted by Gasteiger charge is -2.15. The smallest absolute Gasteiger partial charge is 0.352 e. The summed E-state index contributed by atoms with van der Waals surface area (Å²) in [7, 11) is 7.07. The fourth-order valence-electron chi connectivity index (χ4n) is 2.33. The number of carbonyl (C=O) groups excluding carboxylic acids is 1. The van der Waals surface area contributed by atoms with Gasteiger partial charge in [0.1, 0.15) is 11.6 Å². The predicted octanol–water partition coefficient (Wildman–Crippen LogP) is 6.00. The highest BCUT2D eigenvalue weighted by Crippen LogP contribution is 2.32. The number of methoxy groups -OCH3 is 5. The first-order valence-electron chi connectivity index (χ1n) is 9.52. The maximum absolute atomic E-state index is 13.3. The van der Waals surface area contributed by atoms with Gasteiger partial charge in [0.25, 0.3) is 6.48 Å². The minimum Gasteiger partial charge on any atom is -0.352 e. The van der Waals surface area contributed by atoms with Gasteiger partial charge in [-0.25, -0.2) is 8.78 Å². The maximum Gasteiger partial charge on any atom is 0.416 e. The quantitative estimate of drug-likeness (QED) is 0.246. The van der Waals surface area contributed by atoms with Gasteiger partial charge in [-0.3, -0.25) is 4.79 Å². The molecule has 36 heavy (non-hydrogen) atoms. The van der Waals surface area contributed by atoms with Gasteiger partial charge in [-0.2, -0.15) is 26.3 Å². The number of halogens is 8. The third-order valence-corrected chi connectivity index (χ3v) is 4.04. The Morgan fingerprint density at radius 2 is 1.08 bits per heavy atom. The van der Waals surface area contributed by atoms with Crippen LogP contribution in [0.5, 0.6) is 0 Å². The molecule has 0 atom stereocenters. The molecule has 0 radical (unpaired) electrons. The van der Waals surface area contributed by atoms with Crippen LogP contribution in [0.1, 0.15) is 33.3 Å². The number of alkyl halides is 6. The molecular formula is C22H24F8O6. The number of rotatable bonds is 7. The molecule has 0 bridgehead atoms. The van der Waals surface area contributed by atoms with Crippen LogP contribution in [-0.2, 0) is 36.0 Å². The average Bonchev–Trinajstić information content (AvgIpc) is 2.81. The van der Waals surface area contributed by atoms with Gasteiger partial charge in [-0.05, 0) is 30.3 Å². The second-order valence-corrected chi connectivity index (χ2v) is 6.39. The van der Waals surface area contributed by atoms with Gasteiger partial charge >= 0.3 is 12.4 Å². The largest absolute Gasteiger partial charge is 0.416 e. The van der Waals surface area contributed by atoms with Crippen LogP contribution in [0.3, 0.4) is 0 Å². The molecule has 0 unspecified atom stereocenters. The minimum atomic E-state index is -4.58. The highest BCUT2D eigenvalue weighted by atomic mass is 19.4. The van der Waals surface area contributed by atoms with Crippen molar-refractivity contribution in [3.05, 3.63) is 70.3 Å². The van der Waals surface area contributed by atoms with Gasteiger partial charge < -0.3 is 23.7 Å². The van der Waals surface area contributed by atoms with Crippen molar-refractivity contribution in [3.63, 3.8) is 0 Å². The lowest BCUT2D eigenvalue weighted by Crippen LogP contribution is -2.14. The molecule has 2 aromatic carbocycles.